The molecule has 0 amide bonds. The van der Waals surface area contributed by atoms with Gasteiger partial charge in [-0.25, -0.2) is 4.79 Å². The van der Waals surface area contributed by atoms with Crippen LogP contribution in [0.1, 0.15) is 16.7 Å². The number of rotatable bonds is 0. The predicted molar refractivity (Wildman–Crippen MR) is 66.4 cm³/mol. The van der Waals surface area contributed by atoms with Crippen LogP contribution in [0.3, 0.4) is 0 Å². The van der Waals surface area contributed by atoms with Crippen molar-refractivity contribution in [3.05, 3.63) is 55.7 Å². The van der Waals surface area contributed by atoms with E-state index in [1.165, 1.54) is 7.05 Å². The highest BCUT2D eigenvalue weighted by Crippen LogP contribution is 2.33. The average molecular weight is 244 g/mol. The second-order valence-corrected chi connectivity index (χ2v) is 4.49. The van der Waals surface area contributed by atoms with Gasteiger partial charge in [0.15, 0.2) is 0 Å². The van der Waals surface area contributed by atoms with E-state index in [4.69, 9.17) is 4.74 Å². The van der Waals surface area contributed by atoms with Crippen molar-refractivity contribution in [3.8, 4) is 11.6 Å². The molecule has 3 rings (SSSR count). The van der Waals surface area contributed by atoms with Gasteiger partial charge in [0.05, 0.1) is 5.56 Å². The summed E-state index contributed by atoms with van der Waals surface area (Å²) in [5.74, 6) is 0.955. The number of nitrogens with zero attached hydrogens (tertiary/aromatic N) is 1. The number of aryl methyl sites for hydroxylation is 1. The van der Waals surface area contributed by atoms with Crippen molar-refractivity contribution in [2.45, 2.75) is 13.3 Å². The van der Waals surface area contributed by atoms with Gasteiger partial charge in [0, 0.05) is 13.5 Å². The number of nitrogens with one attached hydrogen (secondary N) is 1. The zero-order valence-corrected chi connectivity index (χ0v) is 10.1. The van der Waals surface area contributed by atoms with E-state index in [1.54, 1.807) is 0 Å². The monoisotopic (exact) mass is 244 g/mol. The number of fused-ring (bicyclic) bond motifs is 2. The number of hydrogen-bond donors (Lipinski definition) is 1. The van der Waals surface area contributed by atoms with Gasteiger partial charge in [0.2, 0.25) is 5.88 Å². The number of H-pyrrole nitrogens is 1. The number of ether oxygens (including phenoxy) is 1. The number of aromatic amines is 1. The second kappa shape index (κ2) is 3.60. The summed E-state index contributed by atoms with van der Waals surface area (Å²) in [6.07, 6.45) is 0.482. The van der Waals surface area contributed by atoms with Crippen molar-refractivity contribution >= 4 is 0 Å². The number of hydrogen-bond acceptors (Lipinski definition) is 3. The molecule has 1 aliphatic heterocycles. The van der Waals surface area contributed by atoms with Crippen molar-refractivity contribution in [2.24, 2.45) is 7.05 Å². The van der Waals surface area contributed by atoms with Crippen LogP contribution in [0.2, 0.25) is 0 Å². The van der Waals surface area contributed by atoms with E-state index in [-0.39, 0.29) is 11.4 Å². The Balaban J connectivity index is 2.23. The fraction of sp³-hybridized carbons (Fsp3) is 0.231. The maximum Gasteiger partial charge on any atom is 0.330 e. The number of aromatic nitrogens is 2. The first-order valence-corrected chi connectivity index (χ1v) is 5.66. The van der Waals surface area contributed by atoms with Crippen LogP contribution >= 0.6 is 0 Å². The Labute approximate surface area is 103 Å². The van der Waals surface area contributed by atoms with Crippen molar-refractivity contribution in [1.82, 2.24) is 9.55 Å². The van der Waals surface area contributed by atoms with E-state index in [0.717, 1.165) is 15.7 Å². The summed E-state index contributed by atoms with van der Waals surface area (Å²) in [5.41, 5.74) is 1.80. The van der Waals surface area contributed by atoms with Gasteiger partial charge < -0.3 is 4.74 Å². The quantitative estimate of drug-likeness (QED) is 0.643. The third kappa shape index (κ3) is 1.48. The minimum Gasteiger partial charge on any atom is -0.440 e. The van der Waals surface area contributed by atoms with E-state index in [1.807, 2.05) is 25.1 Å². The van der Waals surface area contributed by atoms with E-state index in [0.29, 0.717) is 17.7 Å². The summed E-state index contributed by atoms with van der Waals surface area (Å²) < 4.78 is 6.64. The van der Waals surface area contributed by atoms with Crippen molar-refractivity contribution in [2.75, 3.05) is 0 Å². The molecule has 0 spiro atoms. The van der Waals surface area contributed by atoms with Crippen LogP contribution in [0.15, 0.2) is 27.8 Å². The summed E-state index contributed by atoms with van der Waals surface area (Å²) in [5, 5.41) is 0. The lowest BCUT2D eigenvalue weighted by atomic mass is 10.0. The van der Waals surface area contributed by atoms with Crippen molar-refractivity contribution < 1.29 is 4.74 Å². The minimum atomic E-state index is -0.464. The molecule has 0 atom stereocenters. The van der Waals surface area contributed by atoms with Gasteiger partial charge in [-0.3, -0.25) is 14.3 Å². The molecule has 2 heterocycles. The molecule has 5 heteroatoms. The first-order chi connectivity index (χ1) is 8.56. The van der Waals surface area contributed by atoms with Gasteiger partial charge in [-0.15, -0.1) is 0 Å². The van der Waals surface area contributed by atoms with Crippen LogP contribution in [0.5, 0.6) is 11.6 Å². The summed E-state index contributed by atoms with van der Waals surface area (Å²) in [4.78, 5) is 26.1. The second-order valence-electron chi connectivity index (χ2n) is 4.49. The largest absolute Gasteiger partial charge is 0.440 e. The van der Waals surface area contributed by atoms with Crippen LogP contribution in [0.25, 0.3) is 0 Å². The SMILES string of the molecule is Cc1ccc2c(c1)Cc1c([nH]c(=O)n(C)c1=O)O2. The first kappa shape index (κ1) is 10.8. The van der Waals surface area contributed by atoms with Gasteiger partial charge >= 0.3 is 5.69 Å². The molecule has 1 aliphatic rings. The molecule has 1 aromatic carbocycles. The summed E-state index contributed by atoms with van der Waals surface area (Å²) >= 11 is 0. The summed E-state index contributed by atoms with van der Waals surface area (Å²) in [6.45, 7) is 1.99. The van der Waals surface area contributed by atoms with E-state index < -0.39 is 5.69 Å². The molecule has 0 saturated carbocycles. The van der Waals surface area contributed by atoms with E-state index in [9.17, 15) is 9.59 Å². The lowest BCUT2D eigenvalue weighted by Gasteiger charge is -2.19. The maximum absolute atomic E-state index is 12.0. The Morgan fingerprint density at radius 1 is 1.33 bits per heavy atom. The predicted octanol–water partition coefficient (Wildman–Crippen LogP) is 1.08. The third-order valence-electron chi connectivity index (χ3n) is 3.16. The molecular weight excluding hydrogens is 232 g/mol. The molecule has 0 fully saturated rings. The molecule has 5 nitrogen and oxygen atoms in total. The standard InChI is InChI=1S/C13H12N2O3/c1-7-3-4-10-8(5-7)6-9-11(18-10)14-13(17)15(2)12(9)16/h3-5H,6H2,1-2H3,(H,14,17). The minimum absolute atomic E-state index is 0.263. The molecule has 0 aliphatic carbocycles. The van der Waals surface area contributed by atoms with Crippen molar-refractivity contribution in [3.63, 3.8) is 0 Å². The molecule has 0 unspecified atom stereocenters. The topological polar surface area (TPSA) is 64.1 Å². The molecular formula is C13H12N2O3. The molecule has 0 bridgehead atoms. The number of benzene rings is 1. The highest BCUT2D eigenvalue weighted by atomic mass is 16.5. The van der Waals surface area contributed by atoms with Gasteiger partial charge in [-0.1, -0.05) is 17.7 Å². The summed E-state index contributed by atoms with van der Waals surface area (Å²) in [6, 6.07) is 5.77. The summed E-state index contributed by atoms with van der Waals surface area (Å²) in [7, 11) is 1.45. The highest BCUT2D eigenvalue weighted by molar-refractivity contribution is 5.47. The maximum atomic E-state index is 12.0. The highest BCUT2D eigenvalue weighted by Gasteiger charge is 2.22. The fourth-order valence-electron chi connectivity index (χ4n) is 2.14. The van der Waals surface area contributed by atoms with Gasteiger partial charge in [0.25, 0.3) is 5.56 Å². The Kier molecular flexibility index (Phi) is 2.16. The molecule has 1 aromatic heterocycles. The molecule has 92 valence electrons. The van der Waals surface area contributed by atoms with Crippen molar-refractivity contribution in [1.29, 1.82) is 0 Å². The first-order valence-electron chi connectivity index (χ1n) is 5.66. The Bertz CT molecular complexity index is 756. The Hall–Kier alpha value is -2.30. The molecule has 2 aromatic rings. The van der Waals surface area contributed by atoms with Crippen LogP contribution < -0.4 is 16.0 Å². The average Bonchev–Trinajstić information content (AvgIpc) is 2.35. The van der Waals surface area contributed by atoms with Crippen LogP contribution in [-0.4, -0.2) is 9.55 Å². The zero-order valence-electron chi connectivity index (χ0n) is 10.1. The van der Waals surface area contributed by atoms with E-state index >= 15 is 0 Å². The Morgan fingerprint density at radius 2 is 2.11 bits per heavy atom. The van der Waals surface area contributed by atoms with Crippen LogP contribution in [0.4, 0.5) is 0 Å². The Morgan fingerprint density at radius 3 is 2.89 bits per heavy atom. The fourth-order valence-corrected chi connectivity index (χ4v) is 2.14. The lowest BCUT2D eigenvalue weighted by molar-refractivity contribution is 0.430. The molecule has 18 heavy (non-hydrogen) atoms. The third-order valence-corrected chi connectivity index (χ3v) is 3.16. The van der Waals surface area contributed by atoms with Gasteiger partial charge in [0.1, 0.15) is 5.75 Å². The van der Waals surface area contributed by atoms with Crippen LogP contribution in [0, 0.1) is 6.92 Å². The van der Waals surface area contributed by atoms with Gasteiger partial charge in [-0.05, 0) is 18.6 Å². The normalized spacial score (nSPS) is 12.6. The smallest absolute Gasteiger partial charge is 0.330 e. The van der Waals surface area contributed by atoms with E-state index in [2.05, 4.69) is 4.98 Å². The molecule has 1 N–H and O–H groups in total. The molecule has 0 radical (unpaired) electrons. The molecule has 0 saturated heterocycles. The van der Waals surface area contributed by atoms with Crippen LogP contribution in [-0.2, 0) is 13.5 Å². The van der Waals surface area contributed by atoms with Gasteiger partial charge in [-0.2, -0.15) is 0 Å². The zero-order chi connectivity index (χ0) is 12.9. The lowest BCUT2D eigenvalue weighted by Crippen LogP contribution is -2.36.